The first kappa shape index (κ1) is 18.0. The molecule has 1 aromatic carbocycles. The zero-order chi connectivity index (χ0) is 20.2. The van der Waals surface area contributed by atoms with Crippen LogP contribution < -0.4 is 0 Å². The van der Waals surface area contributed by atoms with Crippen LogP contribution in [0.1, 0.15) is 5.56 Å². The minimum absolute atomic E-state index is 0.234. The third kappa shape index (κ3) is 2.85. The number of aromatic nitrogens is 5. The zero-order valence-corrected chi connectivity index (χ0v) is 17.6. The summed E-state index contributed by atoms with van der Waals surface area (Å²) in [6, 6.07) is 10.7. The normalized spacial score (nSPS) is 12.1. The molecule has 4 aromatic heterocycles. The Hall–Kier alpha value is -3.04. The van der Waals surface area contributed by atoms with Crippen LogP contribution >= 0.6 is 15.9 Å². The fourth-order valence-electron chi connectivity index (χ4n) is 3.37. The number of halogens is 1. The summed E-state index contributed by atoms with van der Waals surface area (Å²) in [5.41, 5.74) is 3.72. The molecule has 0 amide bonds. The summed E-state index contributed by atoms with van der Waals surface area (Å²) in [4.78, 5) is 13.4. The van der Waals surface area contributed by atoms with Crippen molar-refractivity contribution in [3.63, 3.8) is 0 Å². The minimum atomic E-state index is -3.85. The molecule has 7 nitrogen and oxygen atoms in total. The highest BCUT2D eigenvalue weighted by atomic mass is 79.9. The number of hydrogen-bond acceptors (Lipinski definition) is 5. The van der Waals surface area contributed by atoms with Crippen LogP contribution in [0.5, 0.6) is 0 Å². The molecule has 9 heteroatoms. The highest BCUT2D eigenvalue weighted by molar-refractivity contribution is 9.10. The molecule has 5 aromatic rings. The van der Waals surface area contributed by atoms with E-state index in [-0.39, 0.29) is 10.5 Å². The monoisotopic (exact) mass is 467 g/mol. The molecular formula is C20H14BrN5O2S. The number of fused-ring (bicyclic) bond motifs is 2. The van der Waals surface area contributed by atoms with Crippen LogP contribution in [0.2, 0.25) is 0 Å². The lowest BCUT2D eigenvalue weighted by molar-refractivity contribution is 0.588. The van der Waals surface area contributed by atoms with Crippen molar-refractivity contribution < 1.29 is 8.42 Å². The maximum absolute atomic E-state index is 13.4. The molecule has 4 heterocycles. The van der Waals surface area contributed by atoms with Crippen molar-refractivity contribution in [2.45, 2.75) is 11.8 Å². The van der Waals surface area contributed by atoms with E-state index in [4.69, 9.17) is 0 Å². The Bertz CT molecular complexity index is 1500. The van der Waals surface area contributed by atoms with Gasteiger partial charge in [-0.2, -0.15) is 0 Å². The average Bonchev–Trinajstić information content (AvgIpc) is 3.32. The topological polar surface area (TPSA) is 82.2 Å². The van der Waals surface area contributed by atoms with Crippen LogP contribution in [0.15, 0.2) is 76.9 Å². The van der Waals surface area contributed by atoms with Crippen molar-refractivity contribution in [3.8, 4) is 11.1 Å². The molecule has 0 saturated heterocycles. The molecule has 0 aliphatic rings. The summed E-state index contributed by atoms with van der Waals surface area (Å²) in [5.74, 6) is 0. The standard InChI is InChI=1S/C20H14BrN5O2S/c1-13-4-2-3-5-16(13)29(27,28)26-12-15(19-20(26)23-10-17(21)24-19)14-6-7-18-22-8-9-25(18)11-14/h2-12H,1H3. The van der Waals surface area contributed by atoms with Crippen LogP contribution in [0, 0.1) is 6.92 Å². The van der Waals surface area contributed by atoms with E-state index in [2.05, 4.69) is 30.9 Å². The van der Waals surface area contributed by atoms with E-state index in [9.17, 15) is 8.42 Å². The van der Waals surface area contributed by atoms with Gasteiger partial charge in [0, 0.05) is 35.9 Å². The smallest absolute Gasteiger partial charge is 0.269 e. The molecule has 0 aliphatic heterocycles. The first-order chi connectivity index (χ1) is 13.9. The molecule has 0 bridgehead atoms. The molecule has 5 rings (SSSR count). The van der Waals surface area contributed by atoms with Gasteiger partial charge in [-0.3, -0.25) is 0 Å². The van der Waals surface area contributed by atoms with Crippen molar-refractivity contribution in [2.24, 2.45) is 0 Å². The number of pyridine rings is 1. The number of imidazole rings is 1. The second-order valence-corrected chi connectivity index (χ2v) is 9.18. The van der Waals surface area contributed by atoms with Gasteiger partial charge in [0.15, 0.2) is 5.65 Å². The SMILES string of the molecule is Cc1ccccc1S(=O)(=O)n1cc(-c2ccc3nccn3c2)c2nc(Br)cnc21. The van der Waals surface area contributed by atoms with Crippen molar-refractivity contribution in [1.82, 2.24) is 23.3 Å². The molecule has 0 N–H and O–H groups in total. The van der Waals surface area contributed by atoms with Gasteiger partial charge in [0.1, 0.15) is 15.8 Å². The largest absolute Gasteiger partial charge is 0.306 e. The fraction of sp³-hybridized carbons (Fsp3) is 0.0500. The van der Waals surface area contributed by atoms with Crippen LogP contribution in [0.3, 0.4) is 0 Å². The Balaban J connectivity index is 1.81. The van der Waals surface area contributed by atoms with Gasteiger partial charge in [-0.1, -0.05) is 18.2 Å². The number of benzene rings is 1. The van der Waals surface area contributed by atoms with Crippen LogP contribution in [-0.2, 0) is 10.0 Å². The van der Waals surface area contributed by atoms with Crippen LogP contribution in [0.25, 0.3) is 27.9 Å². The summed E-state index contributed by atoms with van der Waals surface area (Å²) >= 11 is 3.34. The number of nitrogens with zero attached hydrogens (tertiary/aromatic N) is 5. The molecule has 0 unspecified atom stereocenters. The maximum atomic E-state index is 13.4. The third-order valence-corrected chi connectivity index (χ3v) is 6.96. The lowest BCUT2D eigenvalue weighted by atomic mass is 10.1. The Labute approximate surface area is 174 Å². The molecule has 0 aliphatic carbocycles. The van der Waals surface area contributed by atoms with E-state index in [0.717, 1.165) is 11.2 Å². The van der Waals surface area contributed by atoms with Crippen molar-refractivity contribution in [2.75, 3.05) is 0 Å². The summed E-state index contributed by atoms with van der Waals surface area (Å²) < 4.78 is 30.5. The molecule has 0 atom stereocenters. The summed E-state index contributed by atoms with van der Waals surface area (Å²) in [6.07, 6.45) is 8.52. The molecular weight excluding hydrogens is 454 g/mol. The second kappa shape index (κ2) is 6.50. The van der Waals surface area contributed by atoms with Gasteiger partial charge in [0.2, 0.25) is 0 Å². The van der Waals surface area contributed by atoms with E-state index >= 15 is 0 Å². The van der Waals surface area contributed by atoms with Gasteiger partial charge in [0.05, 0.1) is 11.1 Å². The van der Waals surface area contributed by atoms with Gasteiger partial charge < -0.3 is 4.40 Å². The van der Waals surface area contributed by atoms with E-state index in [1.54, 1.807) is 37.5 Å². The zero-order valence-electron chi connectivity index (χ0n) is 15.2. The van der Waals surface area contributed by atoms with Crippen molar-refractivity contribution in [3.05, 3.63) is 77.5 Å². The van der Waals surface area contributed by atoms with Crippen LogP contribution in [0.4, 0.5) is 0 Å². The van der Waals surface area contributed by atoms with Gasteiger partial charge in [-0.05, 0) is 46.6 Å². The van der Waals surface area contributed by atoms with Gasteiger partial charge in [-0.25, -0.2) is 27.3 Å². The molecule has 0 radical (unpaired) electrons. The second-order valence-electron chi connectivity index (χ2n) is 6.58. The molecule has 144 valence electrons. The summed E-state index contributed by atoms with van der Waals surface area (Å²) in [5, 5.41) is 0. The number of hydrogen-bond donors (Lipinski definition) is 0. The van der Waals surface area contributed by atoms with Crippen molar-refractivity contribution in [1.29, 1.82) is 0 Å². The quantitative estimate of drug-likeness (QED) is 0.399. The first-order valence-corrected chi connectivity index (χ1v) is 11.0. The van der Waals surface area contributed by atoms with E-state index in [1.165, 1.54) is 10.2 Å². The highest BCUT2D eigenvalue weighted by Gasteiger charge is 2.25. The third-order valence-electron chi connectivity index (χ3n) is 4.76. The van der Waals surface area contributed by atoms with E-state index < -0.39 is 10.0 Å². The van der Waals surface area contributed by atoms with E-state index in [0.29, 0.717) is 21.2 Å². The fourth-order valence-corrected chi connectivity index (χ4v) is 5.19. The predicted octanol–water partition coefficient (Wildman–Crippen LogP) is 4.05. The Kier molecular flexibility index (Phi) is 4.04. The molecule has 29 heavy (non-hydrogen) atoms. The Morgan fingerprint density at radius 3 is 2.69 bits per heavy atom. The number of rotatable bonds is 3. The summed E-state index contributed by atoms with van der Waals surface area (Å²) in [7, 11) is -3.85. The van der Waals surface area contributed by atoms with Crippen molar-refractivity contribution >= 4 is 42.8 Å². The number of aryl methyl sites for hydroxylation is 1. The molecule has 0 fully saturated rings. The minimum Gasteiger partial charge on any atom is -0.306 e. The Morgan fingerprint density at radius 1 is 1.03 bits per heavy atom. The lowest BCUT2D eigenvalue weighted by Gasteiger charge is -2.09. The molecule has 0 saturated carbocycles. The predicted molar refractivity (Wildman–Crippen MR) is 113 cm³/mol. The first-order valence-electron chi connectivity index (χ1n) is 8.73. The van der Waals surface area contributed by atoms with Gasteiger partial charge in [0.25, 0.3) is 10.0 Å². The van der Waals surface area contributed by atoms with Gasteiger partial charge in [-0.15, -0.1) is 0 Å². The highest BCUT2D eigenvalue weighted by Crippen LogP contribution is 2.32. The summed E-state index contributed by atoms with van der Waals surface area (Å²) in [6.45, 7) is 1.77. The van der Waals surface area contributed by atoms with Crippen LogP contribution in [-0.4, -0.2) is 31.7 Å². The van der Waals surface area contributed by atoms with E-state index in [1.807, 2.05) is 35.0 Å². The lowest BCUT2D eigenvalue weighted by Crippen LogP contribution is -2.13. The Morgan fingerprint density at radius 2 is 1.86 bits per heavy atom. The average molecular weight is 468 g/mol. The maximum Gasteiger partial charge on any atom is 0.269 e. The molecule has 0 spiro atoms. The van der Waals surface area contributed by atoms with Gasteiger partial charge >= 0.3 is 0 Å².